The highest BCUT2D eigenvalue weighted by Crippen LogP contribution is 1.93. The second-order valence-corrected chi connectivity index (χ2v) is 2.36. The van der Waals surface area contributed by atoms with Crippen molar-refractivity contribution in [2.45, 2.75) is 13.0 Å². The summed E-state index contributed by atoms with van der Waals surface area (Å²) >= 11 is 0. The average Bonchev–Trinajstić information content (AvgIpc) is 1.84. The number of aliphatic carboxylic acids is 1. The van der Waals surface area contributed by atoms with Crippen molar-refractivity contribution in [1.82, 2.24) is 4.90 Å². The summed E-state index contributed by atoms with van der Waals surface area (Å²) in [5.74, 6) is -1.15. The quantitative estimate of drug-likeness (QED) is 0.550. The van der Waals surface area contributed by atoms with Gasteiger partial charge in [-0.15, -0.1) is 0 Å². The summed E-state index contributed by atoms with van der Waals surface area (Å²) in [5, 5.41) is 15.4. The topological polar surface area (TPSA) is 64.4 Å². The molecule has 0 aromatic carbocycles. The summed E-state index contributed by atoms with van der Waals surface area (Å²) in [5.41, 5.74) is -0.273. The number of rotatable bonds is 3. The van der Waals surface area contributed by atoms with Gasteiger partial charge in [0, 0.05) is 0 Å². The van der Waals surface area contributed by atoms with Crippen LogP contribution in [0.1, 0.15) is 6.92 Å². The fourth-order valence-electron chi connectivity index (χ4n) is 0.437. The van der Waals surface area contributed by atoms with Crippen molar-refractivity contribution >= 4 is 11.7 Å². The first-order valence-electron chi connectivity index (χ1n) is 2.95. The summed E-state index contributed by atoms with van der Waals surface area (Å²) in [6.45, 7) is 1.68. The Bertz CT molecular complexity index is 154. The predicted octanol–water partition coefficient (Wildman–Crippen LogP) is 0.0409. The molecule has 0 aromatic rings. The fraction of sp³-hybridized carbons (Fsp3) is 0.667. The van der Waals surface area contributed by atoms with E-state index >= 15 is 0 Å². The minimum absolute atomic E-state index is 0.273. The Kier molecular flexibility index (Phi) is 3.02. The Morgan fingerprint density at radius 1 is 1.60 bits per heavy atom. The second-order valence-electron chi connectivity index (χ2n) is 2.36. The minimum Gasteiger partial charge on any atom is -0.477 e. The molecule has 0 aliphatic rings. The van der Waals surface area contributed by atoms with Crippen LogP contribution in [0.2, 0.25) is 0 Å². The van der Waals surface area contributed by atoms with Gasteiger partial charge in [-0.1, -0.05) is 0 Å². The van der Waals surface area contributed by atoms with Crippen LogP contribution < -0.4 is 0 Å². The monoisotopic (exact) mass is 144 g/mol. The highest BCUT2D eigenvalue weighted by Gasteiger charge is 2.16. The Hall–Kier alpha value is -0.900. The van der Waals surface area contributed by atoms with Crippen LogP contribution in [0, 0.1) is 5.41 Å². The SMILES string of the molecule is CC(C(=N)C(=O)O)N(C)C. The summed E-state index contributed by atoms with van der Waals surface area (Å²) in [7, 11) is 3.48. The van der Waals surface area contributed by atoms with E-state index in [9.17, 15) is 4.79 Å². The smallest absolute Gasteiger partial charge is 0.351 e. The Morgan fingerprint density at radius 2 is 2.00 bits per heavy atom. The van der Waals surface area contributed by atoms with Gasteiger partial charge in [0.05, 0.1) is 6.04 Å². The van der Waals surface area contributed by atoms with Crippen LogP contribution in [0.15, 0.2) is 0 Å². The number of carboxylic acids is 1. The van der Waals surface area contributed by atoms with Crippen LogP contribution in [0.3, 0.4) is 0 Å². The minimum atomic E-state index is -1.15. The number of carboxylic acid groups (broad SMARTS) is 1. The van der Waals surface area contributed by atoms with Crippen LogP contribution in [0.25, 0.3) is 0 Å². The van der Waals surface area contributed by atoms with E-state index in [1.807, 2.05) is 0 Å². The van der Waals surface area contributed by atoms with Gasteiger partial charge in [0.1, 0.15) is 5.71 Å². The van der Waals surface area contributed by atoms with Gasteiger partial charge in [-0.05, 0) is 21.0 Å². The molecule has 0 aliphatic heterocycles. The Labute approximate surface area is 60.0 Å². The van der Waals surface area contributed by atoms with Crippen molar-refractivity contribution < 1.29 is 9.90 Å². The molecule has 0 fully saturated rings. The molecule has 0 amide bonds. The third kappa shape index (κ3) is 2.14. The Morgan fingerprint density at radius 3 is 2.10 bits per heavy atom. The van der Waals surface area contributed by atoms with Gasteiger partial charge in [-0.25, -0.2) is 4.79 Å². The highest BCUT2D eigenvalue weighted by molar-refractivity contribution is 6.36. The van der Waals surface area contributed by atoms with E-state index in [1.165, 1.54) is 0 Å². The molecule has 0 spiro atoms. The van der Waals surface area contributed by atoms with E-state index in [1.54, 1.807) is 25.9 Å². The van der Waals surface area contributed by atoms with Crippen LogP contribution in [0.4, 0.5) is 0 Å². The van der Waals surface area contributed by atoms with Gasteiger partial charge in [-0.2, -0.15) is 0 Å². The van der Waals surface area contributed by atoms with Crippen molar-refractivity contribution in [2.75, 3.05) is 14.1 Å². The lowest BCUT2D eigenvalue weighted by Gasteiger charge is -2.17. The molecule has 4 heteroatoms. The lowest BCUT2D eigenvalue weighted by Crippen LogP contribution is -2.36. The van der Waals surface area contributed by atoms with Gasteiger partial charge >= 0.3 is 5.97 Å². The molecule has 0 saturated carbocycles. The second kappa shape index (κ2) is 3.31. The normalized spacial score (nSPS) is 13.2. The molecular weight excluding hydrogens is 132 g/mol. The van der Waals surface area contributed by atoms with Gasteiger partial charge in [0.25, 0.3) is 0 Å². The number of nitrogens with one attached hydrogen (secondary N) is 1. The first-order chi connectivity index (χ1) is 4.46. The average molecular weight is 144 g/mol. The molecule has 2 N–H and O–H groups in total. The van der Waals surface area contributed by atoms with E-state index < -0.39 is 5.97 Å². The van der Waals surface area contributed by atoms with Crippen molar-refractivity contribution in [2.24, 2.45) is 0 Å². The molecule has 0 bridgehead atoms. The van der Waals surface area contributed by atoms with Crippen molar-refractivity contribution in [3.63, 3.8) is 0 Å². The largest absolute Gasteiger partial charge is 0.477 e. The van der Waals surface area contributed by atoms with Gasteiger partial charge in [-0.3, -0.25) is 5.41 Å². The molecule has 58 valence electrons. The molecule has 0 heterocycles. The zero-order chi connectivity index (χ0) is 8.31. The van der Waals surface area contributed by atoms with Crippen LogP contribution in [-0.2, 0) is 4.79 Å². The van der Waals surface area contributed by atoms with Gasteiger partial charge in [0.15, 0.2) is 0 Å². The maximum Gasteiger partial charge on any atom is 0.351 e. The number of hydrogen-bond acceptors (Lipinski definition) is 3. The molecular formula is C6H12N2O2. The summed E-state index contributed by atoms with van der Waals surface area (Å²) in [6, 6.07) is -0.322. The van der Waals surface area contributed by atoms with Crippen molar-refractivity contribution in [3.8, 4) is 0 Å². The van der Waals surface area contributed by atoms with Crippen LogP contribution >= 0.6 is 0 Å². The van der Waals surface area contributed by atoms with Gasteiger partial charge in [0.2, 0.25) is 0 Å². The zero-order valence-electron chi connectivity index (χ0n) is 6.38. The summed E-state index contributed by atoms with van der Waals surface area (Å²) < 4.78 is 0. The fourth-order valence-corrected chi connectivity index (χ4v) is 0.437. The molecule has 4 nitrogen and oxygen atoms in total. The molecule has 0 saturated heterocycles. The van der Waals surface area contributed by atoms with E-state index in [-0.39, 0.29) is 11.8 Å². The molecule has 0 radical (unpaired) electrons. The third-order valence-electron chi connectivity index (χ3n) is 1.42. The molecule has 0 aliphatic carbocycles. The molecule has 0 aromatic heterocycles. The Balaban J connectivity index is 4.08. The number of carbonyl (C=O) groups is 1. The molecule has 1 atom stereocenters. The predicted molar refractivity (Wildman–Crippen MR) is 38.5 cm³/mol. The van der Waals surface area contributed by atoms with Crippen LogP contribution in [-0.4, -0.2) is 41.8 Å². The first-order valence-corrected chi connectivity index (χ1v) is 2.95. The van der Waals surface area contributed by atoms with E-state index in [0.29, 0.717) is 0 Å². The summed E-state index contributed by atoms with van der Waals surface area (Å²) in [4.78, 5) is 11.9. The maximum absolute atomic E-state index is 10.2. The molecule has 10 heavy (non-hydrogen) atoms. The maximum atomic E-state index is 10.2. The third-order valence-corrected chi connectivity index (χ3v) is 1.42. The van der Waals surface area contributed by atoms with Crippen LogP contribution in [0.5, 0.6) is 0 Å². The van der Waals surface area contributed by atoms with E-state index in [2.05, 4.69) is 0 Å². The summed E-state index contributed by atoms with van der Waals surface area (Å²) in [6.07, 6.45) is 0. The first kappa shape index (κ1) is 9.10. The zero-order valence-corrected chi connectivity index (χ0v) is 6.38. The number of nitrogens with zero attached hydrogens (tertiary/aromatic N) is 1. The number of hydrogen-bond donors (Lipinski definition) is 2. The van der Waals surface area contributed by atoms with Gasteiger partial charge < -0.3 is 10.0 Å². The van der Waals surface area contributed by atoms with E-state index in [0.717, 1.165) is 0 Å². The lowest BCUT2D eigenvalue weighted by molar-refractivity contribution is -0.129. The van der Waals surface area contributed by atoms with E-state index in [4.69, 9.17) is 10.5 Å². The standard InChI is InChI=1S/C6H12N2O2/c1-4(8(2)3)5(7)6(9)10/h4,7H,1-3H3,(H,9,10). The van der Waals surface area contributed by atoms with Crippen molar-refractivity contribution in [1.29, 1.82) is 5.41 Å². The lowest BCUT2D eigenvalue weighted by atomic mass is 10.2. The molecule has 1 unspecified atom stereocenters. The highest BCUT2D eigenvalue weighted by atomic mass is 16.4. The van der Waals surface area contributed by atoms with Crippen molar-refractivity contribution in [3.05, 3.63) is 0 Å². The molecule has 0 rings (SSSR count).